The van der Waals surface area contributed by atoms with E-state index in [4.69, 9.17) is 35.3 Å². The van der Waals surface area contributed by atoms with Crippen molar-refractivity contribution in [3.8, 4) is 23.0 Å². The quantitative estimate of drug-likeness (QED) is 0.236. The van der Waals surface area contributed by atoms with Crippen molar-refractivity contribution in [1.29, 1.82) is 0 Å². The van der Waals surface area contributed by atoms with Crippen LogP contribution in [-0.4, -0.2) is 31.7 Å². The monoisotopic (exact) mass is 555 g/mol. The summed E-state index contributed by atoms with van der Waals surface area (Å²) in [5.74, 6) is 0.463. The van der Waals surface area contributed by atoms with Gasteiger partial charge in [-0.25, -0.2) is 14.6 Å². The van der Waals surface area contributed by atoms with Crippen LogP contribution in [0.2, 0.25) is 5.02 Å². The highest BCUT2D eigenvalue weighted by Gasteiger charge is 2.27. The number of benzene rings is 3. The van der Waals surface area contributed by atoms with E-state index in [1.165, 1.54) is 13.2 Å². The van der Waals surface area contributed by atoms with Crippen LogP contribution < -0.4 is 18.9 Å². The van der Waals surface area contributed by atoms with Crippen molar-refractivity contribution >= 4 is 51.4 Å². The number of carbonyl (C=O) groups is 2. The van der Waals surface area contributed by atoms with Gasteiger partial charge in [-0.1, -0.05) is 27.5 Å². The highest BCUT2D eigenvalue weighted by molar-refractivity contribution is 9.10. The molecule has 0 N–H and O–H groups in total. The van der Waals surface area contributed by atoms with E-state index in [2.05, 4.69) is 20.9 Å². The van der Waals surface area contributed by atoms with Crippen molar-refractivity contribution < 1.29 is 33.3 Å². The molecule has 35 heavy (non-hydrogen) atoms. The summed E-state index contributed by atoms with van der Waals surface area (Å²) in [7, 11) is 1.49. The summed E-state index contributed by atoms with van der Waals surface area (Å²) in [5.41, 5.74) is 1.16. The number of hydrogen-bond acceptors (Lipinski definition) is 8. The van der Waals surface area contributed by atoms with Crippen LogP contribution in [-0.2, 0) is 9.53 Å². The van der Waals surface area contributed by atoms with Gasteiger partial charge in [-0.3, -0.25) is 0 Å². The molecule has 10 heteroatoms. The van der Waals surface area contributed by atoms with E-state index in [1.54, 1.807) is 54.6 Å². The van der Waals surface area contributed by atoms with E-state index in [-0.39, 0.29) is 29.7 Å². The Balaban J connectivity index is 1.46. The third kappa shape index (κ3) is 4.73. The topological polar surface area (TPSA) is 92.7 Å². The summed E-state index contributed by atoms with van der Waals surface area (Å²) in [6.45, 7) is 0.0952. The number of aliphatic imine (C=N–C) groups is 1. The van der Waals surface area contributed by atoms with Gasteiger partial charge in [0.25, 0.3) is 0 Å². The van der Waals surface area contributed by atoms with Crippen molar-refractivity contribution in [2.45, 2.75) is 0 Å². The van der Waals surface area contributed by atoms with Crippen LogP contribution in [0.3, 0.4) is 0 Å². The zero-order valence-corrected chi connectivity index (χ0v) is 20.4. The molecule has 0 aromatic heterocycles. The number of hydrogen-bond donors (Lipinski definition) is 0. The average Bonchev–Trinajstić information content (AvgIpc) is 3.46. The van der Waals surface area contributed by atoms with Gasteiger partial charge in [0.2, 0.25) is 12.7 Å². The van der Waals surface area contributed by atoms with E-state index in [1.807, 2.05) is 0 Å². The Kier molecular flexibility index (Phi) is 6.19. The number of methoxy groups -OCH3 is 1. The summed E-state index contributed by atoms with van der Waals surface area (Å²) >= 11 is 9.49. The van der Waals surface area contributed by atoms with Crippen molar-refractivity contribution in [3.63, 3.8) is 0 Å². The van der Waals surface area contributed by atoms with Gasteiger partial charge in [0.05, 0.1) is 18.2 Å². The van der Waals surface area contributed by atoms with Crippen LogP contribution in [0, 0.1) is 0 Å². The van der Waals surface area contributed by atoms with Crippen LogP contribution in [0.5, 0.6) is 23.0 Å². The van der Waals surface area contributed by atoms with Gasteiger partial charge in [-0.15, -0.1) is 0 Å². The number of fused-ring (bicyclic) bond motifs is 1. The second kappa shape index (κ2) is 9.44. The van der Waals surface area contributed by atoms with Gasteiger partial charge < -0.3 is 23.7 Å². The molecule has 3 aromatic carbocycles. The van der Waals surface area contributed by atoms with E-state index < -0.39 is 11.9 Å². The molecule has 3 aromatic rings. The first kappa shape index (κ1) is 22.9. The fourth-order valence-corrected chi connectivity index (χ4v) is 3.98. The molecule has 0 radical (unpaired) electrons. The van der Waals surface area contributed by atoms with E-state index in [0.29, 0.717) is 37.9 Å². The first-order valence-electron chi connectivity index (χ1n) is 10.2. The molecule has 0 spiro atoms. The number of cyclic esters (lactones) is 1. The van der Waals surface area contributed by atoms with Crippen molar-refractivity contribution in [2.75, 3.05) is 13.9 Å². The molecule has 176 valence electrons. The molecule has 0 bridgehead atoms. The Bertz CT molecular complexity index is 1430. The molecule has 0 unspecified atom stereocenters. The normalized spacial score (nSPS) is 15.1. The lowest BCUT2D eigenvalue weighted by molar-refractivity contribution is -0.129. The van der Waals surface area contributed by atoms with Gasteiger partial charge in [-0.05, 0) is 60.7 Å². The number of rotatable bonds is 5. The molecule has 0 fully saturated rings. The molecule has 0 aliphatic carbocycles. The Labute approximate surface area is 212 Å². The van der Waals surface area contributed by atoms with Gasteiger partial charge in [0, 0.05) is 15.1 Å². The Morgan fingerprint density at radius 1 is 1.06 bits per heavy atom. The minimum Gasteiger partial charge on any atom is -0.496 e. The SMILES string of the molecule is COc1ccc(Cl)cc1C1=N/C(=C\c2cc(Br)ccc2OC(=O)c2ccc3c(c2)OCO3)C(=O)O1. The van der Waals surface area contributed by atoms with Crippen LogP contribution in [0.25, 0.3) is 6.08 Å². The molecule has 0 saturated heterocycles. The van der Waals surface area contributed by atoms with Crippen LogP contribution in [0.4, 0.5) is 0 Å². The number of ether oxygens (including phenoxy) is 5. The Hall–Kier alpha value is -3.82. The molecular formula is C25H15BrClNO7. The zero-order chi connectivity index (χ0) is 24.5. The van der Waals surface area contributed by atoms with Crippen molar-refractivity contribution in [3.05, 3.63) is 86.5 Å². The summed E-state index contributed by atoms with van der Waals surface area (Å²) in [4.78, 5) is 29.7. The maximum atomic E-state index is 12.8. The van der Waals surface area contributed by atoms with Crippen molar-refractivity contribution in [1.82, 2.24) is 0 Å². The average molecular weight is 557 g/mol. The number of esters is 2. The van der Waals surface area contributed by atoms with E-state index in [9.17, 15) is 9.59 Å². The van der Waals surface area contributed by atoms with Crippen LogP contribution >= 0.6 is 27.5 Å². The first-order valence-corrected chi connectivity index (χ1v) is 11.4. The fraction of sp³-hybridized carbons (Fsp3) is 0.0800. The first-order chi connectivity index (χ1) is 16.9. The largest absolute Gasteiger partial charge is 0.496 e. The molecule has 2 aliphatic rings. The van der Waals surface area contributed by atoms with E-state index >= 15 is 0 Å². The summed E-state index contributed by atoms with van der Waals surface area (Å²) < 4.78 is 27.6. The highest BCUT2D eigenvalue weighted by atomic mass is 79.9. The standard InChI is InChI=1S/C25H15BrClNO7/c1-31-20-7-4-16(27)11-17(20)23-28-18(25(30)35-23)9-14-8-15(26)3-6-19(14)34-24(29)13-2-5-21-22(10-13)33-12-32-21/h2-11H,12H2,1H3/b18-9-. The zero-order valence-electron chi connectivity index (χ0n) is 18.0. The second-order valence-corrected chi connectivity index (χ2v) is 8.67. The number of halogens is 2. The maximum Gasteiger partial charge on any atom is 0.363 e. The Morgan fingerprint density at radius 2 is 1.86 bits per heavy atom. The lowest BCUT2D eigenvalue weighted by atomic mass is 10.1. The molecule has 0 saturated carbocycles. The molecule has 2 aliphatic heterocycles. The molecule has 8 nitrogen and oxygen atoms in total. The van der Waals surface area contributed by atoms with Gasteiger partial charge in [0.15, 0.2) is 17.2 Å². The van der Waals surface area contributed by atoms with Gasteiger partial charge >= 0.3 is 11.9 Å². The smallest absolute Gasteiger partial charge is 0.363 e. The third-order valence-corrected chi connectivity index (χ3v) is 5.82. The fourth-order valence-electron chi connectivity index (χ4n) is 3.43. The minimum atomic E-state index is -0.671. The number of nitrogens with zero attached hydrogens (tertiary/aromatic N) is 1. The summed E-state index contributed by atoms with van der Waals surface area (Å²) in [6.07, 6.45) is 1.47. The number of carbonyl (C=O) groups excluding carboxylic acids is 2. The predicted octanol–water partition coefficient (Wildman–Crippen LogP) is 5.40. The third-order valence-electron chi connectivity index (χ3n) is 5.09. The lowest BCUT2D eigenvalue weighted by Gasteiger charge is -2.09. The van der Waals surface area contributed by atoms with Gasteiger partial charge in [-0.2, -0.15) is 0 Å². The highest BCUT2D eigenvalue weighted by Crippen LogP contribution is 2.34. The Morgan fingerprint density at radius 3 is 2.69 bits per heavy atom. The molecule has 0 atom stereocenters. The van der Waals surface area contributed by atoms with Crippen LogP contribution in [0.1, 0.15) is 21.5 Å². The molecule has 2 heterocycles. The summed E-state index contributed by atoms with van der Waals surface area (Å²) in [5, 5.41) is 0.432. The molecule has 0 amide bonds. The maximum absolute atomic E-state index is 12.8. The van der Waals surface area contributed by atoms with Crippen molar-refractivity contribution in [2.24, 2.45) is 4.99 Å². The predicted molar refractivity (Wildman–Crippen MR) is 130 cm³/mol. The van der Waals surface area contributed by atoms with Crippen LogP contribution in [0.15, 0.2) is 69.8 Å². The van der Waals surface area contributed by atoms with Gasteiger partial charge in [0.1, 0.15) is 11.5 Å². The summed E-state index contributed by atoms with van der Waals surface area (Å²) in [6, 6.07) is 14.7. The molecule has 5 rings (SSSR count). The lowest BCUT2D eigenvalue weighted by Crippen LogP contribution is -2.09. The minimum absolute atomic E-state index is 0.0144. The molecular weight excluding hydrogens is 542 g/mol. The van der Waals surface area contributed by atoms with E-state index in [0.717, 1.165) is 0 Å². The second-order valence-electron chi connectivity index (χ2n) is 7.32.